The number of rotatable bonds is 4. The van der Waals surface area contributed by atoms with Crippen molar-refractivity contribution in [1.29, 1.82) is 0 Å². The molecule has 0 saturated carbocycles. The molecule has 4 rings (SSSR count). The number of anilines is 1. The molecule has 0 spiro atoms. The van der Waals surface area contributed by atoms with Gasteiger partial charge in [0, 0.05) is 5.56 Å². The molecular weight excluding hydrogens is 399 g/mol. The topological polar surface area (TPSA) is 42.0 Å². The fraction of sp³-hybridized carbons (Fsp3) is 0.0476. The molecule has 0 atom stereocenters. The monoisotopic (exact) mass is 412 g/mol. The first kappa shape index (κ1) is 18.0. The van der Waals surface area contributed by atoms with Gasteiger partial charge in [-0.15, -0.1) is 0 Å². The van der Waals surface area contributed by atoms with Gasteiger partial charge in [-0.1, -0.05) is 77.0 Å². The Hall–Kier alpha value is -2.40. The van der Waals surface area contributed by atoms with E-state index in [1.165, 1.54) is 16.9 Å². The van der Waals surface area contributed by atoms with Crippen molar-refractivity contribution >= 4 is 55.8 Å². The average Bonchev–Trinajstić information content (AvgIpc) is 3.09. The molecule has 6 heteroatoms. The highest BCUT2D eigenvalue weighted by atomic mass is 35.5. The second kappa shape index (κ2) is 7.69. The molecule has 0 bridgehead atoms. The lowest BCUT2D eigenvalue weighted by Crippen LogP contribution is -2.11. The van der Waals surface area contributed by atoms with Gasteiger partial charge in [-0.05, 0) is 41.8 Å². The van der Waals surface area contributed by atoms with E-state index < -0.39 is 0 Å². The Morgan fingerprint density at radius 2 is 1.63 bits per heavy atom. The quantitative estimate of drug-likeness (QED) is 0.418. The second-order valence-corrected chi connectivity index (χ2v) is 7.86. The number of nitrogens with zero attached hydrogens (tertiary/aromatic N) is 1. The first-order chi connectivity index (χ1) is 13.1. The number of amides is 1. The SMILES string of the molecule is O=C(Nc1nc2c(Cl)c(Cl)ccc2s1)c1ccc(Cc2ccccc2)cc1. The summed E-state index contributed by atoms with van der Waals surface area (Å²) in [6.45, 7) is 0. The van der Waals surface area contributed by atoms with E-state index in [-0.39, 0.29) is 5.91 Å². The molecule has 0 aliphatic heterocycles. The summed E-state index contributed by atoms with van der Waals surface area (Å²) in [7, 11) is 0. The highest BCUT2D eigenvalue weighted by molar-refractivity contribution is 7.22. The van der Waals surface area contributed by atoms with Gasteiger partial charge in [0.2, 0.25) is 0 Å². The van der Waals surface area contributed by atoms with Crippen LogP contribution in [0.15, 0.2) is 66.7 Å². The molecule has 3 nitrogen and oxygen atoms in total. The third-order valence-electron chi connectivity index (χ3n) is 4.14. The summed E-state index contributed by atoms with van der Waals surface area (Å²) in [4.78, 5) is 16.9. The van der Waals surface area contributed by atoms with E-state index in [9.17, 15) is 4.79 Å². The number of hydrogen-bond donors (Lipinski definition) is 1. The molecule has 0 aliphatic rings. The van der Waals surface area contributed by atoms with Gasteiger partial charge in [0.1, 0.15) is 5.52 Å². The predicted molar refractivity (Wildman–Crippen MR) is 113 cm³/mol. The van der Waals surface area contributed by atoms with Gasteiger partial charge in [0.25, 0.3) is 5.91 Å². The number of fused-ring (bicyclic) bond motifs is 1. The largest absolute Gasteiger partial charge is 0.298 e. The fourth-order valence-electron chi connectivity index (χ4n) is 2.77. The van der Waals surface area contributed by atoms with Crippen molar-refractivity contribution in [3.63, 3.8) is 0 Å². The van der Waals surface area contributed by atoms with Crippen LogP contribution in [0.1, 0.15) is 21.5 Å². The number of carbonyl (C=O) groups is 1. The third-order valence-corrected chi connectivity index (χ3v) is 5.87. The van der Waals surface area contributed by atoms with Gasteiger partial charge < -0.3 is 0 Å². The van der Waals surface area contributed by atoms with E-state index in [2.05, 4.69) is 22.4 Å². The lowest BCUT2D eigenvalue weighted by atomic mass is 10.0. The number of carbonyl (C=O) groups excluding carboxylic acids is 1. The zero-order valence-corrected chi connectivity index (χ0v) is 16.4. The molecule has 0 radical (unpaired) electrons. The van der Waals surface area contributed by atoms with Crippen molar-refractivity contribution in [1.82, 2.24) is 4.98 Å². The van der Waals surface area contributed by atoms with Crippen LogP contribution in [0.5, 0.6) is 0 Å². The molecule has 1 heterocycles. The van der Waals surface area contributed by atoms with Crippen molar-refractivity contribution in [2.45, 2.75) is 6.42 Å². The Bertz CT molecular complexity index is 1110. The summed E-state index contributed by atoms with van der Waals surface area (Å²) >= 11 is 13.6. The summed E-state index contributed by atoms with van der Waals surface area (Å²) in [5, 5.41) is 4.17. The van der Waals surface area contributed by atoms with E-state index in [1.807, 2.05) is 48.5 Å². The van der Waals surface area contributed by atoms with E-state index >= 15 is 0 Å². The lowest BCUT2D eigenvalue weighted by molar-refractivity contribution is 0.102. The summed E-state index contributed by atoms with van der Waals surface area (Å²) in [5.74, 6) is -0.206. The lowest BCUT2D eigenvalue weighted by Gasteiger charge is -2.05. The van der Waals surface area contributed by atoms with E-state index in [1.54, 1.807) is 6.07 Å². The van der Waals surface area contributed by atoms with Crippen LogP contribution in [0, 0.1) is 0 Å². The maximum Gasteiger partial charge on any atom is 0.257 e. The highest BCUT2D eigenvalue weighted by Gasteiger charge is 2.13. The summed E-state index contributed by atoms with van der Waals surface area (Å²) in [6, 6.07) is 21.4. The summed E-state index contributed by atoms with van der Waals surface area (Å²) < 4.78 is 0.873. The first-order valence-electron chi connectivity index (χ1n) is 8.29. The normalized spacial score (nSPS) is 10.9. The number of aromatic nitrogens is 1. The van der Waals surface area contributed by atoms with Gasteiger partial charge in [-0.2, -0.15) is 0 Å². The van der Waals surface area contributed by atoms with Gasteiger partial charge in [-0.3, -0.25) is 10.1 Å². The van der Waals surface area contributed by atoms with Crippen molar-refractivity contribution < 1.29 is 4.79 Å². The zero-order chi connectivity index (χ0) is 18.8. The Morgan fingerprint density at radius 3 is 2.37 bits per heavy atom. The Morgan fingerprint density at radius 1 is 0.926 bits per heavy atom. The smallest absolute Gasteiger partial charge is 0.257 e. The van der Waals surface area contributed by atoms with Crippen LogP contribution >= 0.6 is 34.5 Å². The van der Waals surface area contributed by atoms with Gasteiger partial charge in [0.15, 0.2) is 5.13 Å². The minimum atomic E-state index is -0.206. The number of hydrogen-bond acceptors (Lipinski definition) is 3. The van der Waals surface area contributed by atoms with Gasteiger partial charge in [0.05, 0.1) is 14.7 Å². The van der Waals surface area contributed by atoms with Crippen molar-refractivity contribution in [3.8, 4) is 0 Å². The van der Waals surface area contributed by atoms with Crippen LogP contribution in [-0.2, 0) is 6.42 Å². The van der Waals surface area contributed by atoms with E-state index in [4.69, 9.17) is 23.2 Å². The number of benzene rings is 3. The van der Waals surface area contributed by atoms with Crippen molar-refractivity contribution in [2.75, 3.05) is 5.32 Å². The molecule has 134 valence electrons. The standard InChI is InChI=1S/C21H14Cl2N2OS/c22-16-10-11-17-19(18(16)23)24-21(27-17)25-20(26)15-8-6-14(7-9-15)12-13-4-2-1-3-5-13/h1-11H,12H2,(H,24,25,26). The molecule has 4 aromatic rings. The van der Waals surface area contributed by atoms with E-state index in [0.717, 1.165) is 16.7 Å². The Labute approximate surface area is 170 Å². The van der Waals surface area contributed by atoms with Crippen LogP contribution < -0.4 is 5.32 Å². The molecule has 0 aliphatic carbocycles. The minimum absolute atomic E-state index is 0.206. The fourth-order valence-corrected chi connectivity index (χ4v) is 4.05. The third kappa shape index (κ3) is 3.98. The highest BCUT2D eigenvalue weighted by Crippen LogP contribution is 2.35. The maximum absolute atomic E-state index is 12.5. The van der Waals surface area contributed by atoms with Gasteiger partial charge >= 0.3 is 0 Å². The van der Waals surface area contributed by atoms with Crippen LogP contribution in [0.25, 0.3) is 10.2 Å². The Kier molecular flexibility index (Phi) is 5.12. The molecule has 1 amide bonds. The molecule has 3 aromatic carbocycles. The summed E-state index contributed by atoms with van der Waals surface area (Å²) in [6.07, 6.45) is 0.833. The van der Waals surface area contributed by atoms with Gasteiger partial charge in [-0.25, -0.2) is 4.98 Å². The van der Waals surface area contributed by atoms with E-state index in [0.29, 0.717) is 26.3 Å². The average molecular weight is 413 g/mol. The molecule has 1 N–H and O–H groups in total. The molecular formula is C21H14Cl2N2OS. The molecule has 0 unspecified atom stereocenters. The van der Waals surface area contributed by atoms with Crippen LogP contribution in [-0.4, -0.2) is 10.9 Å². The molecule has 0 saturated heterocycles. The van der Waals surface area contributed by atoms with Crippen molar-refractivity contribution in [3.05, 3.63) is 93.5 Å². The predicted octanol–water partition coefficient (Wildman–Crippen LogP) is 6.45. The zero-order valence-electron chi connectivity index (χ0n) is 14.1. The second-order valence-electron chi connectivity index (χ2n) is 6.04. The Balaban J connectivity index is 1.49. The molecule has 1 aromatic heterocycles. The van der Waals surface area contributed by atoms with Crippen LogP contribution in [0.4, 0.5) is 5.13 Å². The number of nitrogens with one attached hydrogen (secondary N) is 1. The van der Waals surface area contributed by atoms with Crippen LogP contribution in [0.2, 0.25) is 10.0 Å². The maximum atomic E-state index is 12.5. The summed E-state index contributed by atoms with van der Waals surface area (Å²) in [5.41, 5.74) is 3.57. The molecule has 27 heavy (non-hydrogen) atoms. The first-order valence-corrected chi connectivity index (χ1v) is 9.86. The number of thiazole rings is 1. The van der Waals surface area contributed by atoms with Crippen LogP contribution in [0.3, 0.4) is 0 Å². The minimum Gasteiger partial charge on any atom is -0.298 e. The molecule has 0 fully saturated rings. The number of halogens is 2. The van der Waals surface area contributed by atoms with Crippen molar-refractivity contribution in [2.24, 2.45) is 0 Å².